The second kappa shape index (κ2) is 6.62. The standard InChI is InChI=1S/C13H12N4OS.BrH/c1-2-18-10-5-3-9(4-6-10)11-7-19-13(16-11)12-14-8-15-17-12;/h3-8H,2H2,1H3,(H,14,15,17);1H. The van der Waals surface area contributed by atoms with E-state index in [-0.39, 0.29) is 17.0 Å². The van der Waals surface area contributed by atoms with E-state index in [0.717, 1.165) is 22.0 Å². The molecular formula is C13H13BrN4OS. The van der Waals surface area contributed by atoms with Gasteiger partial charge in [-0.3, -0.25) is 5.10 Å². The molecule has 2 heterocycles. The lowest BCUT2D eigenvalue weighted by Gasteiger charge is -2.03. The summed E-state index contributed by atoms with van der Waals surface area (Å²) in [7, 11) is 0. The van der Waals surface area contributed by atoms with Crippen molar-refractivity contribution in [3.63, 3.8) is 0 Å². The van der Waals surface area contributed by atoms with Crippen LogP contribution in [0.2, 0.25) is 0 Å². The Morgan fingerprint density at radius 2 is 2.05 bits per heavy atom. The molecule has 0 aliphatic heterocycles. The normalized spacial score (nSPS) is 10.1. The third-order valence-electron chi connectivity index (χ3n) is 2.58. The van der Waals surface area contributed by atoms with Crippen LogP contribution in [0.3, 0.4) is 0 Å². The number of hydrogen-bond acceptors (Lipinski definition) is 5. The molecule has 5 nitrogen and oxygen atoms in total. The lowest BCUT2D eigenvalue weighted by atomic mass is 10.2. The molecule has 0 saturated heterocycles. The molecule has 0 spiro atoms. The Balaban J connectivity index is 0.00000147. The van der Waals surface area contributed by atoms with Crippen molar-refractivity contribution in [2.45, 2.75) is 6.92 Å². The Morgan fingerprint density at radius 3 is 2.70 bits per heavy atom. The smallest absolute Gasteiger partial charge is 0.184 e. The first-order valence-electron chi connectivity index (χ1n) is 5.91. The van der Waals surface area contributed by atoms with E-state index in [2.05, 4.69) is 20.2 Å². The van der Waals surface area contributed by atoms with Crippen LogP contribution in [0.25, 0.3) is 22.1 Å². The third kappa shape index (κ3) is 3.05. The second-order valence-corrected chi connectivity index (χ2v) is 4.69. The van der Waals surface area contributed by atoms with E-state index in [4.69, 9.17) is 4.74 Å². The minimum Gasteiger partial charge on any atom is -0.494 e. The molecule has 7 heteroatoms. The van der Waals surface area contributed by atoms with Gasteiger partial charge in [0.15, 0.2) is 10.8 Å². The van der Waals surface area contributed by atoms with Crippen molar-refractivity contribution in [2.24, 2.45) is 0 Å². The average Bonchev–Trinajstić information content (AvgIpc) is 3.11. The van der Waals surface area contributed by atoms with Crippen LogP contribution in [-0.2, 0) is 0 Å². The molecule has 3 rings (SSSR count). The van der Waals surface area contributed by atoms with E-state index >= 15 is 0 Å². The Morgan fingerprint density at radius 1 is 1.25 bits per heavy atom. The van der Waals surface area contributed by atoms with Crippen LogP contribution in [0.15, 0.2) is 36.0 Å². The van der Waals surface area contributed by atoms with E-state index in [1.807, 2.05) is 36.6 Å². The summed E-state index contributed by atoms with van der Waals surface area (Å²) in [6.07, 6.45) is 1.48. The van der Waals surface area contributed by atoms with Gasteiger partial charge in [0.2, 0.25) is 0 Å². The number of nitrogens with one attached hydrogen (secondary N) is 1. The van der Waals surface area contributed by atoms with Crippen molar-refractivity contribution in [1.29, 1.82) is 0 Å². The van der Waals surface area contributed by atoms with Crippen molar-refractivity contribution in [1.82, 2.24) is 20.2 Å². The molecule has 1 aromatic carbocycles. The predicted molar refractivity (Wildman–Crippen MR) is 84.4 cm³/mol. The molecule has 20 heavy (non-hydrogen) atoms. The number of aromatic amines is 1. The molecule has 1 N–H and O–H groups in total. The van der Waals surface area contributed by atoms with Crippen LogP contribution >= 0.6 is 28.3 Å². The highest BCUT2D eigenvalue weighted by Crippen LogP contribution is 2.27. The second-order valence-electron chi connectivity index (χ2n) is 3.83. The molecule has 0 aliphatic carbocycles. The summed E-state index contributed by atoms with van der Waals surface area (Å²) in [5, 5.41) is 9.48. The molecule has 2 aromatic heterocycles. The zero-order valence-electron chi connectivity index (χ0n) is 10.7. The first kappa shape index (κ1) is 14.7. The summed E-state index contributed by atoms with van der Waals surface area (Å²) in [6.45, 7) is 2.64. The Hall–Kier alpha value is -1.73. The number of H-pyrrole nitrogens is 1. The summed E-state index contributed by atoms with van der Waals surface area (Å²) < 4.78 is 5.42. The zero-order valence-corrected chi connectivity index (χ0v) is 13.3. The summed E-state index contributed by atoms with van der Waals surface area (Å²) in [6, 6.07) is 7.91. The quantitative estimate of drug-likeness (QED) is 0.779. The van der Waals surface area contributed by atoms with E-state index < -0.39 is 0 Å². The van der Waals surface area contributed by atoms with Crippen molar-refractivity contribution >= 4 is 28.3 Å². The van der Waals surface area contributed by atoms with Gasteiger partial charge < -0.3 is 4.74 Å². The minimum atomic E-state index is 0. The van der Waals surface area contributed by atoms with Gasteiger partial charge in [-0.05, 0) is 31.2 Å². The summed E-state index contributed by atoms with van der Waals surface area (Å²) in [4.78, 5) is 8.64. The number of halogens is 1. The number of rotatable bonds is 4. The highest BCUT2D eigenvalue weighted by Gasteiger charge is 2.08. The summed E-state index contributed by atoms with van der Waals surface area (Å²) in [5.74, 6) is 1.57. The Bertz CT molecular complexity index is 651. The molecule has 0 aliphatic rings. The van der Waals surface area contributed by atoms with E-state index in [9.17, 15) is 0 Å². The first-order valence-corrected chi connectivity index (χ1v) is 6.79. The fraction of sp³-hybridized carbons (Fsp3) is 0.154. The topological polar surface area (TPSA) is 63.7 Å². The highest BCUT2D eigenvalue weighted by molar-refractivity contribution is 8.93. The first-order chi connectivity index (χ1) is 9.36. The highest BCUT2D eigenvalue weighted by atomic mass is 79.9. The molecule has 0 bridgehead atoms. The maximum absolute atomic E-state index is 5.42. The molecule has 0 atom stereocenters. The maximum atomic E-state index is 5.42. The molecule has 0 saturated carbocycles. The van der Waals surface area contributed by atoms with E-state index in [1.165, 1.54) is 6.33 Å². The van der Waals surface area contributed by atoms with Gasteiger partial charge in [-0.2, -0.15) is 5.10 Å². The van der Waals surface area contributed by atoms with Crippen LogP contribution in [0.1, 0.15) is 6.92 Å². The van der Waals surface area contributed by atoms with Crippen LogP contribution in [0.5, 0.6) is 5.75 Å². The molecule has 0 radical (unpaired) electrons. The molecule has 0 fully saturated rings. The molecular weight excluding hydrogens is 340 g/mol. The minimum absolute atomic E-state index is 0. The number of hydrogen-bond donors (Lipinski definition) is 1. The average molecular weight is 353 g/mol. The van der Waals surface area contributed by atoms with Crippen LogP contribution in [0, 0.1) is 0 Å². The molecule has 104 valence electrons. The van der Waals surface area contributed by atoms with Gasteiger partial charge in [-0.15, -0.1) is 28.3 Å². The molecule has 3 aromatic rings. The van der Waals surface area contributed by atoms with E-state index in [1.54, 1.807) is 11.3 Å². The molecule has 0 unspecified atom stereocenters. The SMILES string of the molecule is Br.CCOc1ccc(-c2csc(-c3ncn[nH]3)n2)cc1. The van der Waals surface area contributed by atoms with Gasteiger partial charge in [0.25, 0.3) is 0 Å². The van der Waals surface area contributed by atoms with Gasteiger partial charge in [0, 0.05) is 10.9 Å². The van der Waals surface area contributed by atoms with Gasteiger partial charge in [-0.1, -0.05) is 0 Å². The zero-order chi connectivity index (χ0) is 13.1. The fourth-order valence-electron chi connectivity index (χ4n) is 1.71. The van der Waals surface area contributed by atoms with Gasteiger partial charge in [0.05, 0.1) is 12.3 Å². The van der Waals surface area contributed by atoms with Gasteiger partial charge in [0.1, 0.15) is 12.1 Å². The predicted octanol–water partition coefficient (Wildman–Crippen LogP) is 3.57. The fourth-order valence-corrected chi connectivity index (χ4v) is 2.49. The number of nitrogens with zero attached hydrogens (tertiary/aromatic N) is 3. The number of aromatic nitrogens is 4. The van der Waals surface area contributed by atoms with Crippen molar-refractivity contribution < 1.29 is 4.74 Å². The van der Waals surface area contributed by atoms with Crippen LogP contribution < -0.4 is 4.74 Å². The Labute approximate surface area is 130 Å². The third-order valence-corrected chi connectivity index (χ3v) is 3.43. The lowest BCUT2D eigenvalue weighted by Crippen LogP contribution is -1.90. The number of thiazole rings is 1. The van der Waals surface area contributed by atoms with Gasteiger partial charge in [-0.25, -0.2) is 9.97 Å². The maximum Gasteiger partial charge on any atom is 0.184 e. The van der Waals surface area contributed by atoms with Crippen molar-refractivity contribution in [3.8, 4) is 27.8 Å². The summed E-state index contributed by atoms with van der Waals surface area (Å²) >= 11 is 1.54. The Kier molecular flexibility index (Phi) is 4.86. The van der Waals surface area contributed by atoms with Crippen molar-refractivity contribution in [3.05, 3.63) is 36.0 Å². The lowest BCUT2D eigenvalue weighted by molar-refractivity contribution is 0.340. The van der Waals surface area contributed by atoms with Crippen LogP contribution in [0.4, 0.5) is 0 Å². The van der Waals surface area contributed by atoms with Crippen molar-refractivity contribution in [2.75, 3.05) is 6.61 Å². The molecule has 0 amide bonds. The van der Waals surface area contributed by atoms with Gasteiger partial charge >= 0.3 is 0 Å². The summed E-state index contributed by atoms with van der Waals surface area (Å²) in [5.41, 5.74) is 1.99. The monoisotopic (exact) mass is 352 g/mol. The largest absolute Gasteiger partial charge is 0.494 e. The number of ether oxygens (including phenoxy) is 1. The number of benzene rings is 1. The van der Waals surface area contributed by atoms with E-state index in [0.29, 0.717) is 12.4 Å². The van der Waals surface area contributed by atoms with Crippen LogP contribution in [-0.4, -0.2) is 26.8 Å².